The lowest BCUT2D eigenvalue weighted by Gasteiger charge is -2.11. The first-order valence-electron chi connectivity index (χ1n) is 5.04. The van der Waals surface area contributed by atoms with Crippen LogP contribution in [0.15, 0.2) is 36.4 Å². The molecule has 5 nitrogen and oxygen atoms in total. The molecule has 0 radical (unpaired) electrons. The van der Waals surface area contributed by atoms with Crippen molar-refractivity contribution in [3.05, 3.63) is 42.0 Å². The van der Waals surface area contributed by atoms with Crippen molar-refractivity contribution in [1.29, 1.82) is 0 Å². The van der Waals surface area contributed by atoms with Gasteiger partial charge in [0.25, 0.3) is 5.91 Å². The van der Waals surface area contributed by atoms with Crippen LogP contribution < -0.4 is 5.32 Å². The monoisotopic (exact) mass is 233 g/mol. The van der Waals surface area contributed by atoms with E-state index in [-0.39, 0.29) is 23.5 Å². The van der Waals surface area contributed by atoms with Crippen LogP contribution in [0.5, 0.6) is 5.75 Å². The smallest absolute Gasteiger partial charge is 0.335 e. The van der Waals surface area contributed by atoms with E-state index in [2.05, 4.69) is 11.9 Å². The maximum atomic E-state index is 11.8. The average molecular weight is 233 g/mol. The van der Waals surface area contributed by atoms with Gasteiger partial charge >= 0.3 is 5.97 Å². The summed E-state index contributed by atoms with van der Waals surface area (Å²) in [5, 5.41) is 12.1. The lowest BCUT2D eigenvalue weighted by atomic mass is 10.1. The third-order valence-electron chi connectivity index (χ3n) is 2.52. The molecule has 0 aliphatic carbocycles. The summed E-state index contributed by atoms with van der Waals surface area (Å²) >= 11 is 0. The zero-order chi connectivity index (χ0) is 12.4. The zero-order valence-electron chi connectivity index (χ0n) is 8.97. The molecule has 1 heterocycles. The van der Waals surface area contributed by atoms with Crippen molar-refractivity contribution < 1.29 is 19.4 Å². The average Bonchev–Trinajstić information content (AvgIpc) is 2.61. The number of cyclic esters (lactones) is 1. The number of aromatic hydroxyl groups is 1. The summed E-state index contributed by atoms with van der Waals surface area (Å²) in [4.78, 5) is 22.8. The van der Waals surface area contributed by atoms with Crippen LogP contribution in [0.25, 0.3) is 0 Å². The topological polar surface area (TPSA) is 75.6 Å². The van der Waals surface area contributed by atoms with E-state index in [0.29, 0.717) is 0 Å². The highest BCUT2D eigenvalue weighted by Crippen LogP contribution is 2.17. The molecule has 2 rings (SSSR count). The first kappa shape index (κ1) is 11.2. The minimum atomic E-state index is -0.533. The van der Waals surface area contributed by atoms with E-state index in [1.807, 2.05) is 0 Å². The van der Waals surface area contributed by atoms with Gasteiger partial charge in [-0.05, 0) is 12.1 Å². The molecular weight excluding hydrogens is 222 g/mol. The Hall–Kier alpha value is -2.30. The van der Waals surface area contributed by atoms with Crippen LogP contribution in [0.1, 0.15) is 10.4 Å². The SMILES string of the molecule is C=C1C(=O)OC[C@@H]1NC(=O)c1ccccc1O. The van der Waals surface area contributed by atoms with E-state index in [0.717, 1.165) is 0 Å². The van der Waals surface area contributed by atoms with Gasteiger partial charge in [0.15, 0.2) is 0 Å². The van der Waals surface area contributed by atoms with Gasteiger partial charge in [-0.1, -0.05) is 18.7 Å². The standard InChI is InChI=1S/C12H11NO4/c1-7-9(6-17-12(7)16)13-11(15)8-4-2-3-5-10(8)14/h2-5,9,14H,1,6H2,(H,13,15)/t9-/m0/s1. The van der Waals surface area contributed by atoms with Crippen molar-refractivity contribution in [2.45, 2.75) is 6.04 Å². The number of phenolic OH excluding ortho intramolecular Hbond substituents is 1. The van der Waals surface area contributed by atoms with Crippen molar-refractivity contribution in [2.75, 3.05) is 6.61 Å². The van der Waals surface area contributed by atoms with Crippen molar-refractivity contribution in [3.8, 4) is 5.75 Å². The second kappa shape index (κ2) is 4.29. The van der Waals surface area contributed by atoms with E-state index >= 15 is 0 Å². The molecule has 5 heteroatoms. The van der Waals surface area contributed by atoms with Gasteiger partial charge in [0.2, 0.25) is 0 Å². The number of carbonyl (C=O) groups excluding carboxylic acids is 2. The molecule has 1 fully saturated rings. The lowest BCUT2D eigenvalue weighted by molar-refractivity contribution is -0.135. The molecule has 1 atom stereocenters. The predicted octanol–water partition coefficient (Wildman–Crippen LogP) is 0.604. The number of hydrogen-bond acceptors (Lipinski definition) is 4. The van der Waals surface area contributed by atoms with Crippen molar-refractivity contribution >= 4 is 11.9 Å². The number of amides is 1. The lowest BCUT2D eigenvalue weighted by Crippen LogP contribution is -2.36. The third-order valence-corrected chi connectivity index (χ3v) is 2.52. The second-order valence-corrected chi connectivity index (χ2v) is 3.67. The van der Waals surface area contributed by atoms with Gasteiger partial charge in [-0.25, -0.2) is 4.79 Å². The molecular formula is C12H11NO4. The summed E-state index contributed by atoms with van der Waals surface area (Å²) in [5.41, 5.74) is 0.369. The first-order valence-corrected chi connectivity index (χ1v) is 5.04. The Bertz CT molecular complexity index is 495. The van der Waals surface area contributed by atoms with E-state index in [1.54, 1.807) is 12.1 Å². The van der Waals surface area contributed by atoms with Gasteiger partial charge in [-0.3, -0.25) is 4.79 Å². The summed E-state index contributed by atoms with van der Waals surface area (Å²) in [7, 11) is 0. The Morgan fingerprint density at radius 3 is 2.76 bits per heavy atom. The Morgan fingerprint density at radius 2 is 2.18 bits per heavy atom. The molecule has 1 aliphatic heterocycles. The molecule has 0 bridgehead atoms. The summed E-state index contributed by atoms with van der Waals surface area (Å²) in [6.07, 6.45) is 0. The second-order valence-electron chi connectivity index (χ2n) is 3.67. The summed E-state index contributed by atoms with van der Waals surface area (Å²) in [5.74, 6) is -1.08. The maximum absolute atomic E-state index is 11.8. The Kier molecular flexibility index (Phi) is 2.82. The van der Waals surface area contributed by atoms with Gasteiger partial charge in [-0.2, -0.15) is 0 Å². The summed E-state index contributed by atoms with van der Waals surface area (Å²) < 4.78 is 4.73. The number of carbonyl (C=O) groups is 2. The van der Waals surface area contributed by atoms with Crippen LogP contribution in [0.4, 0.5) is 0 Å². The van der Waals surface area contributed by atoms with Crippen molar-refractivity contribution in [3.63, 3.8) is 0 Å². The molecule has 88 valence electrons. The van der Waals surface area contributed by atoms with Crippen molar-refractivity contribution in [1.82, 2.24) is 5.32 Å². The molecule has 0 unspecified atom stereocenters. The predicted molar refractivity (Wildman–Crippen MR) is 59.5 cm³/mol. The number of benzene rings is 1. The van der Waals surface area contributed by atoms with Gasteiger partial charge in [0, 0.05) is 0 Å². The fourth-order valence-corrected chi connectivity index (χ4v) is 1.52. The third kappa shape index (κ3) is 2.13. The highest BCUT2D eigenvalue weighted by atomic mass is 16.5. The van der Waals surface area contributed by atoms with Gasteiger partial charge in [0.05, 0.1) is 17.2 Å². The number of para-hydroxylation sites is 1. The number of phenols is 1. The van der Waals surface area contributed by atoms with E-state index in [4.69, 9.17) is 4.74 Å². The molecule has 1 aliphatic rings. The van der Waals surface area contributed by atoms with Crippen LogP contribution in [0, 0.1) is 0 Å². The maximum Gasteiger partial charge on any atom is 0.335 e. The van der Waals surface area contributed by atoms with Gasteiger partial charge in [-0.15, -0.1) is 0 Å². The molecule has 1 amide bonds. The van der Waals surface area contributed by atoms with Gasteiger partial charge < -0.3 is 15.2 Å². The Balaban J connectivity index is 2.11. The first-order chi connectivity index (χ1) is 8.09. The molecule has 0 aromatic heterocycles. The molecule has 17 heavy (non-hydrogen) atoms. The highest BCUT2D eigenvalue weighted by molar-refractivity contribution is 5.99. The van der Waals surface area contributed by atoms with Crippen LogP contribution in [0.3, 0.4) is 0 Å². The summed E-state index contributed by atoms with van der Waals surface area (Å²) in [6.45, 7) is 3.61. The molecule has 0 saturated carbocycles. The number of ether oxygens (including phenoxy) is 1. The highest BCUT2D eigenvalue weighted by Gasteiger charge is 2.30. The minimum Gasteiger partial charge on any atom is -0.507 e. The molecule has 1 saturated heterocycles. The van der Waals surface area contributed by atoms with Crippen LogP contribution in [-0.4, -0.2) is 29.6 Å². The fraction of sp³-hybridized carbons (Fsp3) is 0.167. The number of nitrogens with one attached hydrogen (secondary N) is 1. The number of esters is 1. The summed E-state index contributed by atoms with van der Waals surface area (Å²) in [6, 6.07) is 5.63. The van der Waals surface area contributed by atoms with Crippen LogP contribution in [0.2, 0.25) is 0 Å². The van der Waals surface area contributed by atoms with E-state index < -0.39 is 17.9 Å². The largest absolute Gasteiger partial charge is 0.507 e. The minimum absolute atomic E-state index is 0.0804. The fourth-order valence-electron chi connectivity index (χ4n) is 1.52. The zero-order valence-corrected chi connectivity index (χ0v) is 8.97. The number of rotatable bonds is 2. The van der Waals surface area contributed by atoms with E-state index in [1.165, 1.54) is 12.1 Å². The Morgan fingerprint density at radius 1 is 1.47 bits per heavy atom. The van der Waals surface area contributed by atoms with Crippen LogP contribution in [-0.2, 0) is 9.53 Å². The number of hydrogen-bond donors (Lipinski definition) is 2. The molecule has 1 aromatic rings. The van der Waals surface area contributed by atoms with E-state index in [9.17, 15) is 14.7 Å². The van der Waals surface area contributed by atoms with Gasteiger partial charge in [0.1, 0.15) is 12.4 Å². The molecule has 1 aromatic carbocycles. The molecule has 2 N–H and O–H groups in total. The van der Waals surface area contributed by atoms with Crippen molar-refractivity contribution in [2.24, 2.45) is 0 Å². The van der Waals surface area contributed by atoms with Crippen LogP contribution >= 0.6 is 0 Å². The quantitative estimate of drug-likeness (QED) is 0.579. The molecule has 0 spiro atoms. The normalized spacial score (nSPS) is 18.9. The Labute approximate surface area is 97.7 Å².